The highest BCUT2D eigenvalue weighted by molar-refractivity contribution is 5.45. The van der Waals surface area contributed by atoms with Crippen molar-refractivity contribution in [3.8, 4) is 0 Å². The zero-order valence-electron chi connectivity index (χ0n) is 8.78. The molecule has 4 nitrogen and oxygen atoms in total. The third-order valence-electron chi connectivity index (χ3n) is 3.19. The van der Waals surface area contributed by atoms with Crippen molar-refractivity contribution in [1.29, 1.82) is 0 Å². The highest BCUT2D eigenvalue weighted by Gasteiger charge is 2.36. The minimum absolute atomic E-state index is 0.0780. The van der Waals surface area contributed by atoms with Crippen LogP contribution in [0.2, 0.25) is 0 Å². The maximum Gasteiger partial charge on any atom is 0.274 e. The van der Waals surface area contributed by atoms with E-state index in [1.165, 1.54) is 12.1 Å². The number of hydrogen-bond donors (Lipinski definition) is 1. The first-order valence-electron chi connectivity index (χ1n) is 5.26. The standard InChI is InChI=1S/C11H13FN2O2/c12-8-3-4-10(14(15)16)9(7-8)11(13)5-1-2-6-11/h3-4,7H,1-2,5-6,13H2. The van der Waals surface area contributed by atoms with Crippen LogP contribution in [-0.4, -0.2) is 4.92 Å². The second kappa shape index (κ2) is 3.83. The molecule has 1 saturated carbocycles. The Morgan fingerprint density at radius 3 is 2.56 bits per heavy atom. The van der Waals surface area contributed by atoms with Gasteiger partial charge in [0.2, 0.25) is 0 Å². The fourth-order valence-electron chi connectivity index (χ4n) is 2.34. The lowest BCUT2D eigenvalue weighted by molar-refractivity contribution is -0.386. The molecule has 1 fully saturated rings. The average molecular weight is 224 g/mol. The first kappa shape index (κ1) is 11.0. The SMILES string of the molecule is NC1(c2cc(F)ccc2[N+](=O)[O-])CCCC1. The van der Waals surface area contributed by atoms with Crippen molar-refractivity contribution >= 4 is 5.69 Å². The molecule has 2 rings (SSSR count). The summed E-state index contributed by atoms with van der Waals surface area (Å²) in [6.45, 7) is 0. The lowest BCUT2D eigenvalue weighted by atomic mass is 9.88. The summed E-state index contributed by atoms with van der Waals surface area (Å²) in [7, 11) is 0. The third-order valence-corrected chi connectivity index (χ3v) is 3.19. The predicted octanol–water partition coefficient (Wildman–Crippen LogP) is 2.46. The van der Waals surface area contributed by atoms with E-state index < -0.39 is 16.3 Å². The third kappa shape index (κ3) is 1.78. The Bertz CT molecular complexity index is 428. The molecule has 0 heterocycles. The van der Waals surface area contributed by atoms with Gasteiger partial charge in [0.15, 0.2) is 0 Å². The van der Waals surface area contributed by atoms with Crippen molar-refractivity contribution in [3.63, 3.8) is 0 Å². The molecule has 16 heavy (non-hydrogen) atoms. The van der Waals surface area contributed by atoms with E-state index in [0.717, 1.165) is 18.9 Å². The van der Waals surface area contributed by atoms with Crippen LogP contribution in [0.1, 0.15) is 31.2 Å². The summed E-state index contributed by atoms with van der Waals surface area (Å²) in [5, 5.41) is 10.9. The molecule has 2 N–H and O–H groups in total. The van der Waals surface area contributed by atoms with Crippen LogP contribution in [0.3, 0.4) is 0 Å². The number of nitro groups is 1. The van der Waals surface area contributed by atoms with Crippen LogP contribution in [0.15, 0.2) is 18.2 Å². The second-order valence-corrected chi connectivity index (χ2v) is 4.28. The molecule has 0 amide bonds. The van der Waals surface area contributed by atoms with Gasteiger partial charge in [0.05, 0.1) is 10.5 Å². The summed E-state index contributed by atoms with van der Waals surface area (Å²) in [5.74, 6) is -0.475. The van der Waals surface area contributed by atoms with Gasteiger partial charge in [-0.05, 0) is 25.0 Å². The van der Waals surface area contributed by atoms with Crippen LogP contribution in [-0.2, 0) is 5.54 Å². The summed E-state index contributed by atoms with van der Waals surface area (Å²) in [4.78, 5) is 10.4. The first-order chi connectivity index (χ1) is 7.53. The largest absolute Gasteiger partial charge is 0.321 e. The molecular weight excluding hydrogens is 211 g/mol. The molecule has 0 radical (unpaired) electrons. The Kier molecular flexibility index (Phi) is 2.63. The normalized spacial score (nSPS) is 18.6. The number of hydrogen-bond acceptors (Lipinski definition) is 3. The maximum atomic E-state index is 13.2. The van der Waals surface area contributed by atoms with Crippen molar-refractivity contribution in [2.45, 2.75) is 31.2 Å². The number of rotatable bonds is 2. The van der Waals surface area contributed by atoms with Crippen LogP contribution in [0.4, 0.5) is 10.1 Å². The summed E-state index contributed by atoms with van der Waals surface area (Å²) in [6, 6.07) is 3.49. The van der Waals surface area contributed by atoms with E-state index in [4.69, 9.17) is 5.73 Å². The summed E-state index contributed by atoms with van der Waals surface area (Å²) in [5.41, 5.74) is 5.64. The Morgan fingerprint density at radius 2 is 2.00 bits per heavy atom. The molecule has 1 aliphatic rings. The Labute approximate surface area is 92.4 Å². The lowest BCUT2D eigenvalue weighted by Gasteiger charge is -2.23. The summed E-state index contributed by atoms with van der Waals surface area (Å²) in [6.07, 6.45) is 3.23. The molecular formula is C11H13FN2O2. The van der Waals surface area contributed by atoms with Crippen molar-refractivity contribution in [2.75, 3.05) is 0 Å². The first-order valence-corrected chi connectivity index (χ1v) is 5.26. The maximum absolute atomic E-state index is 13.2. The van der Waals surface area contributed by atoms with Gasteiger partial charge >= 0.3 is 0 Å². The van der Waals surface area contributed by atoms with Crippen molar-refractivity contribution in [1.82, 2.24) is 0 Å². The van der Waals surface area contributed by atoms with Gasteiger partial charge in [-0.25, -0.2) is 4.39 Å². The molecule has 0 aromatic heterocycles. The fraction of sp³-hybridized carbons (Fsp3) is 0.455. The smallest absolute Gasteiger partial charge is 0.274 e. The monoisotopic (exact) mass is 224 g/mol. The molecule has 1 aromatic carbocycles. The molecule has 0 unspecified atom stereocenters. The van der Waals surface area contributed by atoms with Crippen LogP contribution in [0, 0.1) is 15.9 Å². The average Bonchev–Trinajstić information content (AvgIpc) is 2.66. The molecule has 0 aliphatic heterocycles. The topological polar surface area (TPSA) is 69.2 Å². The zero-order chi connectivity index (χ0) is 11.8. The number of nitrogens with zero attached hydrogens (tertiary/aromatic N) is 1. The summed E-state index contributed by atoms with van der Waals surface area (Å²) >= 11 is 0. The highest BCUT2D eigenvalue weighted by atomic mass is 19.1. The van der Waals surface area contributed by atoms with E-state index in [0.29, 0.717) is 18.4 Å². The number of benzene rings is 1. The van der Waals surface area contributed by atoms with Gasteiger partial charge in [0.25, 0.3) is 5.69 Å². The quantitative estimate of drug-likeness (QED) is 0.619. The second-order valence-electron chi connectivity index (χ2n) is 4.28. The summed E-state index contributed by atoms with van der Waals surface area (Å²) < 4.78 is 13.2. The molecule has 86 valence electrons. The Balaban J connectivity index is 2.52. The van der Waals surface area contributed by atoms with Crippen LogP contribution < -0.4 is 5.73 Å². The van der Waals surface area contributed by atoms with Crippen LogP contribution in [0.25, 0.3) is 0 Å². The van der Waals surface area contributed by atoms with E-state index in [1.54, 1.807) is 0 Å². The molecule has 0 spiro atoms. The highest BCUT2D eigenvalue weighted by Crippen LogP contribution is 2.40. The molecule has 0 saturated heterocycles. The van der Waals surface area contributed by atoms with E-state index in [9.17, 15) is 14.5 Å². The van der Waals surface area contributed by atoms with E-state index in [2.05, 4.69) is 0 Å². The van der Waals surface area contributed by atoms with Crippen molar-refractivity contribution in [2.24, 2.45) is 5.73 Å². The van der Waals surface area contributed by atoms with Gasteiger partial charge in [0.1, 0.15) is 5.82 Å². The molecule has 0 bridgehead atoms. The van der Waals surface area contributed by atoms with Gasteiger partial charge in [-0.2, -0.15) is 0 Å². The van der Waals surface area contributed by atoms with E-state index in [1.807, 2.05) is 0 Å². The van der Waals surface area contributed by atoms with Gasteiger partial charge in [-0.3, -0.25) is 10.1 Å². The minimum Gasteiger partial charge on any atom is -0.321 e. The molecule has 1 aliphatic carbocycles. The van der Waals surface area contributed by atoms with E-state index in [-0.39, 0.29) is 5.69 Å². The number of nitrogens with two attached hydrogens (primary N) is 1. The van der Waals surface area contributed by atoms with Gasteiger partial charge in [0, 0.05) is 11.6 Å². The van der Waals surface area contributed by atoms with Crippen molar-refractivity contribution in [3.05, 3.63) is 39.7 Å². The Morgan fingerprint density at radius 1 is 1.38 bits per heavy atom. The van der Waals surface area contributed by atoms with Gasteiger partial charge in [-0.1, -0.05) is 12.8 Å². The molecule has 5 heteroatoms. The minimum atomic E-state index is -0.732. The van der Waals surface area contributed by atoms with Crippen LogP contribution in [0.5, 0.6) is 0 Å². The van der Waals surface area contributed by atoms with Gasteiger partial charge in [-0.15, -0.1) is 0 Å². The molecule has 1 aromatic rings. The van der Waals surface area contributed by atoms with Crippen LogP contribution >= 0.6 is 0 Å². The fourth-order valence-corrected chi connectivity index (χ4v) is 2.34. The number of halogens is 1. The number of nitro benzene ring substituents is 1. The van der Waals surface area contributed by atoms with Gasteiger partial charge < -0.3 is 5.73 Å². The Hall–Kier alpha value is -1.49. The van der Waals surface area contributed by atoms with Crippen molar-refractivity contribution < 1.29 is 9.31 Å². The zero-order valence-corrected chi connectivity index (χ0v) is 8.78. The van der Waals surface area contributed by atoms with E-state index >= 15 is 0 Å². The molecule has 0 atom stereocenters. The lowest BCUT2D eigenvalue weighted by Crippen LogP contribution is -2.34. The predicted molar refractivity (Wildman–Crippen MR) is 57.4 cm³/mol.